The van der Waals surface area contributed by atoms with Gasteiger partial charge in [0.05, 0.1) is 23.1 Å². The fraction of sp³-hybridized carbons (Fsp3) is 0.281. The zero-order valence-electron chi connectivity index (χ0n) is 22.4. The summed E-state index contributed by atoms with van der Waals surface area (Å²) in [4.78, 5) is 64.6. The lowest BCUT2D eigenvalue weighted by Crippen LogP contribution is -2.33. The quantitative estimate of drug-likeness (QED) is 0.332. The number of esters is 1. The van der Waals surface area contributed by atoms with Crippen molar-refractivity contribution in [3.63, 3.8) is 0 Å². The molecule has 4 amide bonds. The second kappa shape index (κ2) is 10.6. The number of amides is 4. The summed E-state index contributed by atoms with van der Waals surface area (Å²) in [7, 11) is 0. The number of carbonyl (C=O) groups is 5. The van der Waals surface area contributed by atoms with Gasteiger partial charge in [-0.2, -0.15) is 0 Å². The third-order valence-corrected chi connectivity index (χ3v) is 8.41. The van der Waals surface area contributed by atoms with Gasteiger partial charge in [0.2, 0.25) is 17.7 Å². The Labute approximate surface area is 236 Å². The highest BCUT2D eigenvalue weighted by Crippen LogP contribution is 2.61. The number of carbonyl (C=O) groups excluding carboxylic acids is 5. The highest BCUT2D eigenvalue weighted by molar-refractivity contribution is 6.23. The van der Waals surface area contributed by atoms with Crippen LogP contribution in [0, 0.1) is 23.7 Å². The highest BCUT2D eigenvalue weighted by Gasteiger charge is 2.64. The van der Waals surface area contributed by atoms with Gasteiger partial charge in [0.1, 0.15) is 0 Å². The maximum Gasteiger partial charge on any atom is 0.338 e. The molecule has 2 bridgehead atoms. The van der Waals surface area contributed by atoms with Crippen molar-refractivity contribution in [1.29, 1.82) is 0 Å². The average Bonchev–Trinajstić information content (AvgIpc) is 3.64. The summed E-state index contributed by atoms with van der Waals surface area (Å²) in [5.74, 6) is -2.00. The topological polar surface area (TPSA) is 122 Å². The van der Waals surface area contributed by atoms with Gasteiger partial charge in [-0.1, -0.05) is 36.4 Å². The largest absolute Gasteiger partial charge is 0.452 e. The van der Waals surface area contributed by atoms with E-state index < -0.39 is 18.5 Å². The number of hydrogen-bond donors (Lipinski definition) is 2. The van der Waals surface area contributed by atoms with Gasteiger partial charge in [-0.05, 0) is 78.6 Å². The SMILES string of the molecule is CC(=O)Nc1ccc(NC(=O)COC(=O)c2cccc(N3C(=O)[C@@H]4[C@@H]5C[C@@H]([C@H]4C3=O)[C@@H](c3ccccc3)C5)c2)cc1. The molecule has 2 N–H and O–H groups in total. The van der Waals surface area contributed by atoms with Crippen LogP contribution in [0.5, 0.6) is 0 Å². The van der Waals surface area contributed by atoms with Crippen molar-refractivity contribution in [2.75, 3.05) is 22.1 Å². The van der Waals surface area contributed by atoms with E-state index >= 15 is 0 Å². The van der Waals surface area contributed by atoms with Crippen molar-refractivity contribution in [3.05, 3.63) is 90.0 Å². The Balaban J connectivity index is 1.10. The molecule has 208 valence electrons. The summed E-state index contributed by atoms with van der Waals surface area (Å²) >= 11 is 0. The highest BCUT2D eigenvalue weighted by atomic mass is 16.5. The predicted octanol–water partition coefficient (Wildman–Crippen LogP) is 4.37. The van der Waals surface area contributed by atoms with E-state index in [4.69, 9.17) is 4.74 Å². The molecule has 3 aromatic carbocycles. The molecule has 3 fully saturated rings. The monoisotopic (exact) mass is 551 g/mol. The van der Waals surface area contributed by atoms with E-state index in [-0.39, 0.29) is 52.9 Å². The molecule has 2 saturated carbocycles. The van der Waals surface area contributed by atoms with Crippen LogP contribution in [0.4, 0.5) is 17.1 Å². The first-order valence-corrected chi connectivity index (χ1v) is 13.7. The lowest BCUT2D eigenvalue weighted by Gasteiger charge is -2.28. The van der Waals surface area contributed by atoms with Crippen LogP contribution in [0.25, 0.3) is 0 Å². The Morgan fingerprint density at radius 1 is 0.829 bits per heavy atom. The number of anilines is 3. The number of ether oxygens (including phenoxy) is 1. The van der Waals surface area contributed by atoms with Gasteiger partial charge in [0, 0.05) is 18.3 Å². The number of imide groups is 1. The standard InChI is InChI=1S/C32H29N3O6/c1-18(36)33-22-10-12-23(13-11-22)34-27(37)17-41-32(40)20-8-5-9-24(14-20)35-30(38)28-21-15-25(19-6-3-2-4-7-19)26(16-21)29(28)31(35)39/h2-14,21,25-26,28-29H,15-17H2,1H3,(H,33,36)(H,34,37)/t21-,25+,26+,28+,29+/m0/s1. The van der Waals surface area contributed by atoms with Crippen LogP contribution in [-0.2, 0) is 23.9 Å². The first-order chi connectivity index (χ1) is 19.8. The molecule has 1 aliphatic heterocycles. The van der Waals surface area contributed by atoms with E-state index in [9.17, 15) is 24.0 Å². The fourth-order valence-corrected chi connectivity index (χ4v) is 6.82. The molecule has 1 saturated heterocycles. The number of rotatable bonds is 7. The number of nitrogens with zero attached hydrogens (tertiary/aromatic N) is 1. The molecule has 0 radical (unpaired) electrons. The minimum Gasteiger partial charge on any atom is -0.452 e. The smallest absolute Gasteiger partial charge is 0.338 e. The molecule has 2 aliphatic carbocycles. The summed E-state index contributed by atoms with van der Waals surface area (Å²) in [5, 5.41) is 5.26. The minimum absolute atomic E-state index is 0.127. The van der Waals surface area contributed by atoms with Gasteiger partial charge in [0.25, 0.3) is 5.91 Å². The van der Waals surface area contributed by atoms with Crippen molar-refractivity contribution in [3.8, 4) is 0 Å². The van der Waals surface area contributed by atoms with Crippen LogP contribution in [0.15, 0.2) is 78.9 Å². The van der Waals surface area contributed by atoms with Gasteiger partial charge in [-0.3, -0.25) is 24.1 Å². The molecule has 3 aliphatic rings. The first-order valence-electron chi connectivity index (χ1n) is 13.7. The molecular formula is C32H29N3O6. The van der Waals surface area contributed by atoms with E-state index in [1.165, 1.54) is 29.5 Å². The second-order valence-corrected chi connectivity index (χ2v) is 10.9. The van der Waals surface area contributed by atoms with E-state index in [1.807, 2.05) is 18.2 Å². The van der Waals surface area contributed by atoms with Gasteiger partial charge in [-0.15, -0.1) is 0 Å². The van der Waals surface area contributed by atoms with Crippen LogP contribution >= 0.6 is 0 Å². The van der Waals surface area contributed by atoms with Gasteiger partial charge in [0.15, 0.2) is 6.61 Å². The molecular weight excluding hydrogens is 522 g/mol. The van der Waals surface area contributed by atoms with Crippen LogP contribution < -0.4 is 15.5 Å². The first kappa shape index (κ1) is 26.4. The zero-order chi connectivity index (χ0) is 28.7. The molecule has 5 atom stereocenters. The second-order valence-electron chi connectivity index (χ2n) is 10.9. The third kappa shape index (κ3) is 4.99. The Morgan fingerprint density at radius 3 is 2.22 bits per heavy atom. The Morgan fingerprint density at radius 2 is 1.51 bits per heavy atom. The number of hydrogen-bond acceptors (Lipinski definition) is 6. The number of fused-ring (bicyclic) bond motifs is 5. The minimum atomic E-state index is -0.744. The molecule has 9 heteroatoms. The summed E-state index contributed by atoms with van der Waals surface area (Å²) in [6.07, 6.45) is 1.78. The van der Waals surface area contributed by atoms with Crippen molar-refractivity contribution in [2.45, 2.75) is 25.7 Å². The molecule has 6 rings (SSSR count). The van der Waals surface area contributed by atoms with E-state index in [0.29, 0.717) is 17.1 Å². The van der Waals surface area contributed by atoms with Gasteiger partial charge < -0.3 is 15.4 Å². The van der Waals surface area contributed by atoms with E-state index in [2.05, 4.69) is 22.8 Å². The van der Waals surface area contributed by atoms with E-state index in [1.54, 1.807) is 36.4 Å². The Bertz CT molecular complexity index is 1540. The molecule has 1 heterocycles. The van der Waals surface area contributed by atoms with Crippen LogP contribution in [0.2, 0.25) is 0 Å². The molecule has 3 aromatic rings. The predicted molar refractivity (Wildman–Crippen MR) is 151 cm³/mol. The van der Waals surface area contributed by atoms with Crippen molar-refractivity contribution in [2.24, 2.45) is 23.7 Å². The average molecular weight is 552 g/mol. The van der Waals surface area contributed by atoms with Crippen molar-refractivity contribution < 1.29 is 28.7 Å². The summed E-state index contributed by atoms with van der Waals surface area (Å²) in [6.45, 7) is 0.878. The lowest BCUT2D eigenvalue weighted by atomic mass is 9.73. The summed E-state index contributed by atoms with van der Waals surface area (Å²) in [6, 6.07) is 22.9. The third-order valence-electron chi connectivity index (χ3n) is 8.41. The summed E-state index contributed by atoms with van der Waals surface area (Å²) in [5.41, 5.74) is 2.75. The Hall–Kier alpha value is -4.79. The van der Waals surface area contributed by atoms with Gasteiger partial charge >= 0.3 is 5.97 Å². The molecule has 0 unspecified atom stereocenters. The van der Waals surface area contributed by atoms with Crippen LogP contribution in [0.3, 0.4) is 0 Å². The maximum absolute atomic E-state index is 13.6. The maximum atomic E-state index is 13.6. The molecule has 41 heavy (non-hydrogen) atoms. The fourth-order valence-electron chi connectivity index (χ4n) is 6.82. The van der Waals surface area contributed by atoms with Crippen molar-refractivity contribution in [1.82, 2.24) is 0 Å². The normalized spacial score (nSPS) is 24.2. The van der Waals surface area contributed by atoms with Gasteiger partial charge in [-0.25, -0.2) is 4.79 Å². The van der Waals surface area contributed by atoms with Crippen molar-refractivity contribution >= 4 is 46.7 Å². The zero-order valence-corrected chi connectivity index (χ0v) is 22.4. The Kier molecular flexibility index (Phi) is 6.86. The lowest BCUT2D eigenvalue weighted by molar-refractivity contribution is -0.123. The summed E-state index contributed by atoms with van der Waals surface area (Å²) < 4.78 is 5.20. The number of benzene rings is 3. The van der Waals surface area contributed by atoms with Crippen LogP contribution in [0.1, 0.15) is 41.6 Å². The molecule has 0 aromatic heterocycles. The van der Waals surface area contributed by atoms with Crippen LogP contribution in [-0.4, -0.2) is 36.2 Å². The number of nitrogens with one attached hydrogen (secondary N) is 2. The van der Waals surface area contributed by atoms with E-state index in [0.717, 1.165) is 12.8 Å². The molecule has 0 spiro atoms. The molecule has 9 nitrogen and oxygen atoms in total.